The molecule has 0 unspecified atom stereocenters. The standard InChI is InChI=1S/C14H17N3O2/c1-2-9-17-13(7-8-16-17)10-15-12-5-3-11(4-6-12)14(18)19/h3-8,15H,2,9-10H2,1H3,(H,18,19). The van der Waals surface area contributed by atoms with Crippen LogP contribution in [0.3, 0.4) is 0 Å². The normalized spacial score (nSPS) is 10.4. The van der Waals surface area contributed by atoms with Crippen LogP contribution in [0.15, 0.2) is 36.5 Å². The molecule has 0 radical (unpaired) electrons. The highest BCUT2D eigenvalue weighted by Crippen LogP contribution is 2.11. The minimum absolute atomic E-state index is 0.293. The van der Waals surface area contributed by atoms with E-state index < -0.39 is 5.97 Å². The van der Waals surface area contributed by atoms with Crippen LogP contribution in [0, 0.1) is 0 Å². The summed E-state index contributed by atoms with van der Waals surface area (Å²) in [7, 11) is 0. The van der Waals surface area contributed by atoms with Gasteiger partial charge in [0, 0.05) is 18.4 Å². The minimum atomic E-state index is -0.910. The molecule has 0 aliphatic rings. The maximum Gasteiger partial charge on any atom is 0.335 e. The van der Waals surface area contributed by atoms with E-state index in [4.69, 9.17) is 5.11 Å². The van der Waals surface area contributed by atoms with E-state index in [9.17, 15) is 4.79 Å². The van der Waals surface area contributed by atoms with E-state index in [1.807, 2.05) is 10.7 Å². The van der Waals surface area contributed by atoms with Crippen molar-refractivity contribution in [2.24, 2.45) is 0 Å². The van der Waals surface area contributed by atoms with Crippen LogP contribution < -0.4 is 5.32 Å². The molecule has 0 fully saturated rings. The fourth-order valence-electron chi connectivity index (χ4n) is 1.85. The quantitative estimate of drug-likeness (QED) is 0.836. The first-order valence-electron chi connectivity index (χ1n) is 6.28. The number of aromatic carboxylic acids is 1. The van der Waals surface area contributed by atoms with Gasteiger partial charge in [-0.3, -0.25) is 4.68 Å². The number of aryl methyl sites for hydroxylation is 1. The number of carboxylic acids is 1. The summed E-state index contributed by atoms with van der Waals surface area (Å²) < 4.78 is 1.97. The first-order chi connectivity index (χ1) is 9.20. The Hall–Kier alpha value is -2.30. The number of hydrogen-bond donors (Lipinski definition) is 2. The molecule has 0 aliphatic heterocycles. The molecule has 2 rings (SSSR count). The smallest absolute Gasteiger partial charge is 0.335 e. The van der Waals surface area contributed by atoms with E-state index in [1.54, 1.807) is 30.5 Å². The molecule has 0 bridgehead atoms. The van der Waals surface area contributed by atoms with Crippen LogP contribution in [0.2, 0.25) is 0 Å². The zero-order valence-corrected chi connectivity index (χ0v) is 10.8. The molecular weight excluding hydrogens is 242 g/mol. The third-order valence-electron chi connectivity index (χ3n) is 2.85. The lowest BCUT2D eigenvalue weighted by Gasteiger charge is -2.09. The Balaban J connectivity index is 1.98. The Morgan fingerprint density at radius 3 is 2.68 bits per heavy atom. The molecule has 0 saturated carbocycles. The number of benzene rings is 1. The van der Waals surface area contributed by atoms with Gasteiger partial charge in [-0.2, -0.15) is 5.10 Å². The lowest BCUT2D eigenvalue weighted by molar-refractivity contribution is 0.0697. The summed E-state index contributed by atoms with van der Waals surface area (Å²) in [5.74, 6) is -0.910. The van der Waals surface area contributed by atoms with Gasteiger partial charge in [0.25, 0.3) is 0 Å². The fourth-order valence-corrected chi connectivity index (χ4v) is 1.85. The second-order valence-electron chi connectivity index (χ2n) is 4.28. The van der Waals surface area contributed by atoms with Crippen molar-refractivity contribution in [3.05, 3.63) is 47.8 Å². The van der Waals surface area contributed by atoms with Crippen molar-refractivity contribution < 1.29 is 9.90 Å². The van der Waals surface area contributed by atoms with Crippen molar-refractivity contribution in [2.45, 2.75) is 26.4 Å². The van der Waals surface area contributed by atoms with E-state index in [0.717, 1.165) is 24.3 Å². The van der Waals surface area contributed by atoms with Crippen molar-refractivity contribution in [1.82, 2.24) is 9.78 Å². The van der Waals surface area contributed by atoms with Gasteiger partial charge in [0.2, 0.25) is 0 Å². The maximum atomic E-state index is 10.7. The summed E-state index contributed by atoms with van der Waals surface area (Å²) in [4.78, 5) is 10.7. The molecule has 1 heterocycles. The number of anilines is 1. The molecule has 0 spiro atoms. The van der Waals surface area contributed by atoms with Crippen molar-refractivity contribution in [3.8, 4) is 0 Å². The summed E-state index contributed by atoms with van der Waals surface area (Å²) in [5, 5.41) is 16.3. The number of nitrogens with zero attached hydrogens (tertiary/aromatic N) is 2. The van der Waals surface area contributed by atoms with Crippen molar-refractivity contribution in [3.63, 3.8) is 0 Å². The maximum absolute atomic E-state index is 10.7. The highest BCUT2D eigenvalue weighted by atomic mass is 16.4. The summed E-state index contributed by atoms with van der Waals surface area (Å²) in [6.07, 6.45) is 2.84. The second kappa shape index (κ2) is 6.04. The first kappa shape index (κ1) is 13.1. The summed E-state index contributed by atoms with van der Waals surface area (Å²) >= 11 is 0. The van der Waals surface area contributed by atoms with Gasteiger partial charge >= 0.3 is 5.97 Å². The van der Waals surface area contributed by atoms with Crippen LogP contribution in [-0.4, -0.2) is 20.9 Å². The van der Waals surface area contributed by atoms with Gasteiger partial charge < -0.3 is 10.4 Å². The molecule has 0 amide bonds. The predicted molar refractivity (Wildman–Crippen MR) is 73.2 cm³/mol. The molecule has 0 saturated heterocycles. The molecule has 1 aromatic carbocycles. The van der Waals surface area contributed by atoms with Gasteiger partial charge in [-0.15, -0.1) is 0 Å². The summed E-state index contributed by atoms with van der Waals surface area (Å²) in [6, 6.07) is 8.70. The molecule has 5 nitrogen and oxygen atoms in total. The lowest BCUT2D eigenvalue weighted by Crippen LogP contribution is -2.09. The molecule has 2 N–H and O–H groups in total. The number of nitrogens with one attached hydrogen (secondary N) is 1. The number of hydrogen-bond acceptors (Lipinski definition) is 3. The van der Waals surface area contributed by atoms with Crippen LogP contribution >= 0.6 is 0 Å². The molecule has 1 aromatic heterocycles. The monoisotopic (exact) mass is 259 g/mol. The molecule has 5 heteroatoms. The van der Waals surface area contributed by atoms with Gasteiger partial charge in [0.05, 0.1) is 17.8 Å². The average molecular weight is 259 g/mol. The van der Waals surface area contributed by atoms with E-state index in [0.29, 0.717) is 12.1 Å². The fraction of sp³-hybridized carbons (Fsp3) is 0.286. The van der Waals surface area contributed by atoms with Gasteiger partial charge in [-0.05, 0) is 36.8 Å². The van der Waals surface area contributed by atoms with Crippen molar-refractivity contribution in [1.29, 1.82) is 0 Å². The predicted octanol–water partition coefficient (Wildman–Crippen LogP) is 2.60. The number of rotatable bonds is 6. The Bertz CT molecular complexity index is 546. The Morgan fingerprint density at radius 2 is 2.05 bits per heavy atom. The average Bonchev–Trinajstić information content (AvgIpc) is 2.85. The second-order valence-corrected chi connectivity index (χ2v) is 4.28. The zero-order valence-electron chi connectivity index (χ0n) is 10.8. The van der Waals surface area contributed by atoms with Gasteiger partial charge in [0.15, 0.2) is 0 Å². The van der Waals surface area contributed by atoms with Crippen LogP contribution in [0.25, 0.3) is 0 Å². The van der Waals surface area contributed by atoms with Crippen LogP contribution in [0.4, 0.5) is 5.69 Å². The zero-order chi connectivity index (χ0) is 13.7. The topological polar surface area (TPSA) is 67.2 Å². The number of aromatic nitrogens is 2. The molecule has 19 heavy (non-hydrogen) atoms. The number of carboxylic acid groups (broad SMARTS) is 1. The third kappa shape index (κ3) is 3.34. The van der Waals surface area contributed by atoms with Crippen LogP contribution in [-0.2, 0) is 13.1 Å². The molecule has 0 aliphatic carbocycles. The highest BCUT2D eigenvalue weighted by Gasteiger charge is 2.03. The molecule has 100 valence electrons. The third-order valence-corrected chi connectivity index (χ3v) is 2.85. The molecule has 2 aromatic rings. The van der Waals surface area contributed by atoms with Crippen molar-refractivity contribution >= 4 is 11.7 Å². The van der Waals surface area contributed by atoms with Gasteiger partial charge in [0.1, 0.15) is 0 Å². The molecule has 0 atom stereocenters. The Morgan fingerprint density at radius 1 is 1.32 bits per heavy atom. The minimum Gasteiger partial charge on any atom is -0.478 e. The Labute approximate surface area is 111 Å². The largest absolute Gasteiger partial charge is 0.478 e. The first-order valence-corrected chi connectivity index (χ1v) is 6.28. The Kier molecular flexibility index (Phi) is 4.18. The van der Waals surface area contributed by atoms with Crippen LogP contribution in [0.5, 0.6) is 0 Å². The van der Waals surface area contributed by atoms with Crippen LogP contribution in [0.1, 0.15) is 29.4 Å². The summed E-state index contributed by atoms with van der Waals surface area (Å²) in [6.45, 7) is 3.69. The summed E-state index contributed by atoms with van der Waals surface area (Å²) in [5.41, 5.74) is 2.31. The SMILES string of the molecule is CCCn1nccc1CNc1ccc(C(=O)O)cc1. The van der Waals surface area contributed by atoms with E-state index >= 15 is 0 Å². The molecular formula is C14H17N3O2. The lowest BCUT2D eigenvalue weighted by atomic mass is 10.2. The van der Waals surface area contributed by atoms with E-state index in [2.05, 4.69) is 17.3 Å². The number of carbonyl (C=O) groups is 1. The van der Waals surface area contributed by atoms with E-state index in [-0.39, 0.29) is 0 Å². The van der Waals surface area contributed by atoms with Crippen molar-refractivity contribution in [2.75, 3.05) is 5.32 Å². The van der Waals surface area contributed by atoms with Gasteiger partial charge in [-0.1, -0.05) is 6.92 Å². The van der Waals surface area contributed by atoms with E-state index in [1.165, 1.54) is 0 Å². The highest BCUT2D eigenvalue weighted by molar-refractivity contribution is 5.87. The van der Waals surface area contributed by atoms with Gasteiger partial charge in [-0.25, -0.2) is 4.79 Å².